The summed E-state index contributed by atoms with van der Waals surface area (Å²) in [5, 5.41) is 0. The van der Waals surface area contributed by atoms with E-state index < -0.39 is 5.97 Å². The first kappa shape index (κ1) is 9.69. The molecule has 1 aromatic heterocycles. The van der Waals surface area contributed by atoms with E-state index in [1.807, 2.05) is 18.2 Å². The molecular formula is C11H7NO2S. The molecule has 0 aliphatic heterocycles. The van der Waals surface area contributed by atoms with Gasteiger partial charge in [-0.2, -0.15) is 0 Å². The molecule has 0 N–H and O–H groups in total. The summed E-state index contributed by atoms with van der Waals surface area (Å²) in [7, 11) is 1.31. The van der Waals surface area contributed by atoms with Gasteiger partial charge in [0.05, 0.1) is 22.8 Å². The second-order valence-electron chi connectivity index (χ2n) is 2.78. The van der Waals surface area contributed by atoms with Crippen LogP contribution < -0.4 is 0 Å². The van der Waals surface area contributed by atoms with Gasteiger partial charge >= 0.3 is 5.97 Å². The monoisotopic (exact) mass is 217 g/mol. The maximum atomic E-state index is 10.8. The predicted molar refractivity (Wildman–Crippen MR) is 58.5 cm³/mol. The van der Waals surface area contributed by atoms with Crippen LogP contribution in [0.1, 0.15) is 5.56 Å². The fourth-order valence-corrected chi connectivity index (χ4v) is 1.82. The Morgan fingerprint density at radius 2 is 2.40 bits per heavy atom. The largest absolute Gasteiger partial charge is 0.459 e. The second kappa shape index (κ2) is 4.11. The lowest BCUT2D eigenvalue weighted by Crippen LogP contribution is -1.94. The average molecular weight is 217 g/mol. The molecular weight excluding hydrogens is 210 g/mol. The highest BCUT2D eigenvalue weighted by Gasteiger charge is 1.96. The van der Waals surface area contributed by atoms with E-state index in [0.717, 1.165) is 15.8 Å². The molecule has 0 aliphatic carbocycles. The molecule has 0 radical (unpaired) electrons. The van der Waals surface area contributed by atoms with Crippen molar-refractivity contribution in [2.24, 2.45) is 0 Å². The molecule has 1 aromatic carbocycles. The number of carbonyl (C=O) groups excluding carboxylic acids is 1. The van der Waals surface area contributed by atoms with E-state index in [0.29, 0.717) is 0 Å². The number of nitrogens with zero attached hydrogens (tertiary/aromatic N) is 1. The lowest BCUT2D eigenvalue weighted by atomic mass is 10.2. The minimum atomic E-state index is -0.528. The minimum absolute atomic E-state index is 0.528. The summed E-state index contributed by atoms with van der Waals surface area (Å²) in [6.07, 6.45) is 0. The van der Waals surface area contributed by atoms with Gasteiger partial charge in [0.2, 0.25) is 0 Å². The van der Waals surface area contributed by atoms with E-state index in [4.69, 9.17) is 0 Å². The zero-order valence-corrected chi connectivity index (χ0v) is 8.80. The number of fused-ring (bicyclic) bond motifs is 1. The molecule has 0 atom stereocenters. The molecule has 2 aromatic rings. The van der Waals surface area contributed by atoms with Crippen LogP contribution in [0.3, 0.4) is 0 Å². The molecule has 1 heterocycles. The molecule has 0 fully saturated rings. The highest BCUT2D eigenvalue weighted by Crippen LogP contribution is 2.18. The summed E-state index contributed by atoms with van der Waals surface area (Å²) in [5.41, 5.74) is 3.52. The van der Waals surface area contributed by atoms with Gasteiger partial charge in [-0.1, -0.05) is 5.92 Å². The van der Waals surface area contributed by atoms with Crippen LogP contribution in [0.2, 0.25) is 0 Å². The number of hydrogen-bond donors (Lipinski definition) is 0. The summed E-state index contributed by atoms with van der Waals surface area (Å²) < 4.78 is 5.48. The van der Waals surface area contributed by atoms with Crippen LogP contribution in [-0.4, -0.2) is 18.1 Å². The molecule has 0 amide bonds. The third kappa shape index (κ3) is 2.14. The molecule has 2 rings (SSSR count). The van der Waals surface area contributed by atoms with Crippen LogP contribution in [0.25, 0.3) is 10.2 Å². The highest BCUT2D eigenvalue weighted by molar-refractivity contribution is 7.16. The van der Waals surface area contributed by atoms with Gasteiger partial charge in [-0.3, -0.25) is 0 Å². The third-order valence-electron chi connectivity index (χ3n) is 1.83. The van der Waals surface area contributed by atoms with E-state index in [2.05, 4.69) is 21.6 Å². The topological polar surface area (TPSA) is 39.2 Å². The molecule has 74 valence electrons. The Balaban J connectivity index is 2.35. The van der Waals surface area contributed by atoms with E-state index in [1.165, 1.54) is 7.11 Å². The Morgan fingerprint density at radius 1 is 1.53 bits per heavy atom. The fraction of sp³-hybridized carbons (Fsp3) is 0.0909. The minimum Gasteiger partial charge on any atom is -0.459 e. The van der Waals surface area contributed by atoms with Gasteiger partial charge in [-0.25, -0.2) is 9.78 Å². The molecule has 0 unspecified atom stereocenters. The molecule has 3 nitrogen and oxygen atoms in total. The molecule has 0 spiro atoms. The van der Waals surface area contributed by atoms with Crippen LogP contribution >= 0.6 is 11.3 Å². The Labute approximate surface area is 90.7 Å². The third-order valence-corrected chi connectivity index (χ3v) is 2.62. The van der Waals surface area contributed by atoms with Crippen molar-refractivity contribution in [3.63, 3.8) is 0 Å². The smallest absolute Gasteiger partial charge is 0.384 e. The van der Waals surface area contributed by atoms with Crippen LogP contribution in [-0.2, 0) is 9.53 Å². The van der Waals surface area contributed by atoms with Gasteiger partial charge in [-0.15, -0.1) is 11.3 Å². The Bertz CT molecular complexity index is 562. The normalized spacial score (nSPS) is 9.40. The predicted octanol–water partition coefficient (Wildman–Crippen LogP) is 1.82. The number of benzene rings is 1. The van der Waals surface area contributed by atoms with Gasteiger partial charge < -0.3 is 4.74 Å². The van der Waals surface area contributed by atoms with E-state index in [1.54, 1.807) is 16.8 Å². The summed E-state index contributed by atoms with van der Waals surface area (Å²) in [4.78, 5) is 14.9. The Morgan fingerprint density at radius 3 is 3.20 bits per heavy atom. The van der Waals surface area contributed by atoms with E-state index in [9.17, 15) is 4.79 Å². The number of methoxy groups -OCH3 is 1. The zero-order valence-electron chi connectivity index (χ0n) is 7.98. The Kier molecular flexibility index (Phi) is 2.66. The fourth-order valence-electron chi connectivity index (χ4n) is 1.11. The number of carbonyl (C=O) groups is 1. The summed E-state index contributed by atoms with van der Waals surface area (Å²) >= 11 is 1.55. The maximum Gasteiger partial charge on any atom is 0.384 e. The van der Waals surface area contributed by atoms with Crippen molar-refractivity contribution in [1.82, 2.24) is 4.98 Å². The van der Waals surface area contributed by atoms with Gasteiger partial charge in [0, 0.05) is 11.5 Å². The first-order valence-corrected chi connectivity index (χ1v) is 5.11. The number of ether oxygens (including phenoxy) is 1. The highest BCUT2D eigenvalue weighted by atomic mass is 32.1. The summed E-state index contributed by atoms with van der Waals surface area (Å²) in [6, 6.07) is 5.62. The van der Waals surface area contributed by atoms with Gasteiger partial charge in [0.15, 0.2) is 0 Å². The van der Waals surface area contributed by atoms with Crippen LogP contribution in [0.5, 0.6) is 0 Å². The SMILES string of the molecule is COC(=O)C#Cc1ccc2ncsc2c1. The second-order valence-corrected chi connectivity index (χ2v) is 3.66. The van der Waals surface area contributed by atoms with Crippen molar-refractivity contribution in [1.29, 1.82) is 0 Å². The molecule has 15 heavy (non-hydrogen) atoms. The quantitative estimate of drug-likeness (QED) is 0.499. The number of thiazole rings is 1. The van der Waals surface area contributed by atoms with Crippen LogP contribution in [0.15, 0.2) is 23.7 Å². The zero-order chi connectivity index (χ0) is 10.7. The van der Waals surface area contributed by atoms with Crippen molar-refractivity contribution in [2.45, 2.75) is 0 Å². The van der Waals surface area contributed by atoms with Gasteiger partial charge in [0.1, 0.15) is 0 Å². The maximum absolute atomic E-state index is 10.8. The number of esters is 1. The molecule has 0 aliphatic rings. The average Bonchev–Trinajstić information content (AvgIpc) is 2.72. The van der Waals surface area contributed by atoms with Crippen molar-refractivity contribution in [3.8, 4) is 11.8 Å². The first-order chi connectivity index (χ1) is 7.29. The lowest BCUT2D eigenvalue weighted by Gasteiger charge is -1.90. The summed E-state index contributed by atoms with van der Waals surface area (Å²) in [6.45, 7) is 0. The van der Waals surface area contributed by atoms with Crippen molar-refractivity contribution in [2.75, 3.05) is 7.11 Å². The first-order valence-electron chi connectivity index (χ1n) is 4.23. The van der Waals surface area contributed by atoms with Crippen LogP contribution in [0.4, 0.5) is 0 Å². The molecule has 0 saturated heterocycles. The number of aromatic nitrogens is 1. The van der Waals surface area contributed by atoms with Crippen LogP contribution in [0, 0.1) is 11.8 Å². The van der Waals surface area contributed by atoms with Gasteiger partial charge in [-0.05, 0) is 18.2 Å². The summed E-state index contributed by atoms with van der Waals surface area (Å²) in [5.74, 6) is 4.58. The molecule has 4 heteroatoms. The van der Waals surface area contributed by atoms with E-state index >= 15 is 0 Å². The standard InChI is InChI=1S/C11H7NO2S/c1-14-11(13)5-3-8-2-4-9-10(6-8)15-7-12-9/h2,4,6-7H,1H3. The van der Waals surface area contributed by atoms with Crippen molar-refractivity contribution >= 4 is 27.5 Å². The molecule has 0 bridgehead atoms. The van der Waals surface area contributed by atoms with Crippen molar-refractivity contribution in [3.05, 3.63) is 29.3 Å². The number of hydrogen-bond acceptors (Lipinski definition) is 4. The van der Waals surface area contributed by atoms with E-state index in [-0.39, 0.29) is 0 Å². The van der Waals surface area contributed by atoms with Crippen molar-refractivity contribution < 1.29 is 9.53 Å². The Hall–Kier alpha value is -1.86. The van der Waals surface area contributed by atoms with Gasteiger partial charge in [0.25, 0.3) is 0 Å². The lowest BCUT2D eigenvalue weighted by molar-refractivity contribution is -0.133. The number of rotatable bonds is 0. The molecule has 0 saturated carbocycles.